The Labute approximate surface area is 120 Å². The fourth-order valence-corrected chi connectivity index (χ4v) is 1.69. The van der Waals surface area contributed by atoms with Crippen molar-refractivity contribution in [3.05, 3.63) is 11.8 Å². The predicted molar refractivity (Wildman–Crippen MR) is 75.6 cm³/mol. The Morgan fingerprint density at radius 2 is 1.75 bits per heavy atom. The quantitative estimate of drug-likeness (QED) is 0.515. The van der Waals surface area contributed by atoms with Crippen LogP contribution in [0.2, 0.25) is 0 Å². The van der Waals surface area contributed by atoms with Gasteiger partial charge in [0.2, 0.25) is 0 Å². The first-order valence-corrected chi connectivity index (χ1v) is 6.62. The summed E-state index contributed by atoms with van der Waals surface area (Å²) in [5, 5.41) is 19.7. The zero-order chi connectivity index (χ0) is 15.7. The van der Waals surface area contributed by atoms with Crippen molar-refractivity contribution in [1.82, 2.24) is 10.2 Å². The van der Waals surface area contributed by atoms with Crippen molar-refractivity contribution >= 4 is 11.9 Å². The second-order valence-corrected chi connectivity index (χ2v) is 5.47. The van der Waals surface area contributed by atoms with Crippen LogP contribution in [0.15, 0.2) is 11.8 Å². The molecular weight excluding hydrogens is 258 g/mol. The number of amides is 1. The Balaban J connectivity index is 4.89. The molecule has 0 saturated carbocycles. The Hall–Kier alpha value is -2.03. The van der Waals surface area contributed by atoms with E-state index in [2.05, 4.69) is 33.0 Å². The van der Waals surface area contributed by atoms with Crippen molar-refractivity contribution in [1.29, 1.82) is 5.26 Å². The molecule has 112 valence electrons. The van der Waals surface area contributed by atoms with E-state index in [1.54, 1.807) is 0 Å². The summed E-state index contributed by atoms with van der Waals surface area (Å²) in [6.45, 7) is 9.18. The second kappa shape index (κ2) is 8.97. The predicted octanol–water partition coefficient (Wildman–Crippen LogP) is 1.21. The Morgan fingerprint density at radius 1 is 1.25 bits per heavy atom. The van der Waals surface area contributed by atoms with Crippen molar-refractivity contribution < 1.29 is 14.7 Å². The van der Waals surface area contributed by atoms with Gasteiger partial charge in [0.05, 0.1) is 0 Å². The first kappa shape index (κ1) is 18.0. The third-order valence-electron chi connectivity index (χ3n) is 2.28. The monoisotopic (exact) mass is 281 g/mol. The lowest BCUT2D eigenvalue weighted by atomic mass is 10.1. The average molecular weight is 281 g/mol. The Morgan fingerprint density at radius 3 is 2.10 bits per heavy atom. The summed E-state index contributed by atoms with van der Waals surface area (Å²) >= 11 is 0. The number of hydrogen-bond donors (Lipinski definition) is 2. The van der Waals surface area contributed by atoms with Gasteiger partial charge in [-0.25, -0.2) is 0 Å². The minimum Gasteiger partial charge on any atom is -0.480 e. The van der Waals surface area contributed by atoms with Crippen LogP contribution in [-0.2, 0) is 9.59 Å². The van der Waals surface area contributed by atoms with Gasteiger partial charge in [-0.1, -0.05) is 27.7 Å². The lowest BCUT2D eigenvalue weighted by molar-refractivity contribution is -0.137. The summed E-state index contributed by atoms with van der Waals surface area (Å²) < 4.78 is 0. The third-order valence-corrected chi connectivity index (χ3v) is 2.28. The van der Waals surface area contributed by atoms with Crippen LogP contribution in [0.5, 0.6) is 0 Å². The van der Waals surface area contributed by atoms with Crippen molar-refractivity contribution in [3.8, 4) is 6.07 Å². The Bertz CT molecular complexity index is 398. The maximum absolute atomic E-state index is 11.7. The number of aliphatic carboxylic acids is 1. The molecule has 0 heterocycles. The highest BCUT2D eigenvalue weighted by atomic mass is 16.4. The molecule has 0 fully saturated rings. The number of carbonyl (C=O) groups excluding carboxylic acids is 1. The van der Waals surface area contributed by atoms with Gasteiger partial charge in [-0.2, -0.15) is 5.26 Å². The molecule has 6 nitrogen and oxygen atoms in total. The molecule has 0 radical (unpaired) electrons. The van der Waals surface area contributed by atoms with Crippen LogP contribution in [0.3, 0.4) is 0 Å². The van der Waals surface area contributed by atoms with Gasteiger partial charge < -0.3 is 15.3 Å². The lowest BCUT2D eigenvalue weighted by Crippen LogP contribution is -2.32. The molecular formula is C14H23N3O3. The van der Waals surface area contributed by atoms with Crippen LogP contribution in [-0.4, -0.2) is 41.5 Å². The molecule has 0 saturated heterocycles. The van der Waals surface area contributed by atoms with E-state index in [4.69, 9.17) is 10.4 Å². The van der Waals surface area contributed by atoms with Crippen LogP contribution in [0, 0.1) is 23.2 Å². The highest BCUT2D eigenvalue weighted by Crippen LogP contribution is 2.07. The molecule has 1 amide bonds. The van der Waals surface area contributed by atoms with Gasteiger partial charge in [-0.3, -0.25) is 9.59 Å². The first-order valence-electron chi connectivity index (χ1n) is 6.62. The third kappa shape index (κ3) is 8.14. The average Bonchev–Trinajstić information content (AvgIpc) is 2.31. The highest BCUT2D eigenvalue weighted by molar-refractivity contribution is 5.98. The topological polar surface area (TPSA) is 93.4 Å². The number of rotatable bonds is 8. The molecule has 6 heteroatoms. The zero-order valence-electron chi connectivity index (χ0n) is 12.5. The van der Waals surface area contributed by atoms with E-state index in [1.807, 2.05) is 11.0 Å². The van der Waals surface area contributed by atoms with Crippen LogP contribution in [0.25, 0.3) is 0 Å². The molecule has 0 bridgehead atoms. The molecule has 0 unspecified atom stereocenters. The summed E-state index contributed by atoms with van der Waals surface area (Å²) in [5.41, 5.74) is -0.0763. The van der Waals surface area contributed by atoms with E-state index >= 15 is 0 Å². The largest absolute Gasteiger partial charge is 0.480 e. The lowest BCUT2D eigenvalue weighted by Gasteiger charge is -2.24. The van der Waals surface area contributed by atoms with E-state index in [1.165, 1.54) is 6.20 Å². The number of nitrogens with zero attached hydrogens (tertiary/aromatic N) is 2. The standard InChI is InChI=1S/C14H23N3O3/c1-10(2)7-17(8-11(3)4)9-12(5-15)14(20)16-6-13(18)19/h9-11H,6-8H2,1-4H3,(H,16,20)(H,18,19)/b12-9-. The van der Waals surface area contributed by atoms with Gasteiger partial charge in [0.1, 0.15) is 18.2 Å². The molecule has 0 aliphatic rings. The van der Waals surface area contributed by atoms with Crippen LogP contribution in [0.4, 0.5) is 0 Å². The van der Waals surface area contributed by atoms with Gasteiger partial charge in [0.25, 0.3) is 5.91 Å². The summed E-state index contributed by atoms with van der Waals surface area (Å²) in [6.07, 6.45) is 1.51. The fourth-order valence-electron chi connectivity index (χ4n) is 1.69. The first-order chi connectivity index (χ1) is 9.26. The fraction of sp³-hybridized carbons (Fsp3) is 0.643. The van der Waals surface area contributed by atoms with Crippen molar-refractivity contribution in [2.24, 2.45) is 11.8 Å². The molecule has 0 aromatic carbocycles. The van der Waals surface area contributed by atoms with Crippen molar-refractivity contribution in [2.45, 2.75) is 27.7 Å². The van der Waals surface area contributed by atoms with Crippen molar-refractivity contribution in [3.63, 3.8) is 0 Å². The number of carboxylic acids is 1. The minimum atomic E-state index is -1.14. The molecule has 2 N–H and O–H groups in total. The smallest absolute Gasteiger partial charge is 0.322 e. The molecule has 0 atom stereocenters. The maximum Gasteiger partial charge on any atom is 0.322 e. The van der Waals surface area contributed by atoms with E-state index in [9.17, 15) is 9.59 Å². The zero-order valence-corrected chi connectivity index (χ0v) is 12.5. The molecule has 0 aromatic rings. The molecule has 0 rings (SSSR count). The highest BCUT2D eigenvalue weighted by Gasteiger charge is 2.13. The molecule has 0 aliphatic carbocycles. The second-order valence-electron chi connectivity index (χ2n) is 5.47. The van der Waals surface area contributed by atoms with E-state index in [-0.39, 0.29) is 5.57 Å². The Kier molecular flexibility index (Phi) is 8.06. The molecule has 0 aliphatic heterocycles. The van der Waals surface area contributed by atoms with Crippen LogP contribution in [0.1, 0.15) is 27.7 Å². The number of carboxylic acid groups (broad SMARTS) is 1. The van der Waals surface area contributed by atoms with E-state index < -0.39 is 18.4 Å². The maximum atomic E-state index is 11.7. The van der Waals surface area contributed by atoms with E-state index in [0.717, 1.165) is 13.1 Å². The van der Waals surface area contributed by atoms with Crippen LogP contribution < -0.4 is 5.32 Å². The summed E-state index contributed by atoms with van der Waals surface area (Å²) in [6, 6.07) is 1.82. The summed E-state index contributed by atoms with van der Waals surface area (Å²) in [7, 11) is 0. The summed E-state index contributed by atoms with van der Waals surface area (Å²) in [5.74, 6) is -1.01. The van der Waals surface area contributed by atoms with Gasteiger partial charge in [0.15, 0.2) is 0 Å². The van der Waals surface area contributed by atoms with Gasteiger partial charge in [-0.15, -0.1) is 0 Å². The number of hydrogen-bond acceptors (Lipinski definition) is 4. The minimum absolute atomic E-state index is 0.0763. The van der Waals surface area contributed by atoms with Gasteiger partial charge >= 0.3 is 5.97 Å². The van der Waals surface area contributed by atoms with Gasteiger partial charge in [0, 0.05) is 19.3 Å². The van der Waals surface area contributed by atoms with E-state index in [0.29, 0.717) is 11.8 Å². The molecule has 0 aromatic heterocycles. The number of nitrogens with one attached hydrogen (secondary N) is 1. The molecule has 0 spiro atoms. The van der Waals surface area contributed by atoms with Gasteiger partial charge in [-0.05, 0) is 11.8 Å². The number of nitriles is 1. The van der Waals surface area contributed by atoms with Crippen LogP contribution >= 0.6 is 0 Å². The molecule has 20 heavy (non-hydrogen) atoms. The number of carbonyl (C=O) groups is 2. The SMILES string of the molecule is CC(C)CN(/C=C(/C#N)C(=O)NCC(=O)O)CC(C)C. The van der Waals surface area contributed by atoms with Crippen molar-refractivity contribution in [2.75, 3.05) is 19.6 Å². The normalized spacial score (nSPS) is 11.3. The summed E-state index contributed by atoms with van der Waals surface area (Å²) in [4.78, 5) is 24.0.